The van der Waals surface area contributed by atoms with Crippen molar-refractivity contribution in [2.75, 3.05) is 0 Å². The maximum atomic E-state index is 12.2. The highest BCUT2D eigenvalue weighted by Crippen LogP contribution is 2.31. The fraction of sp³-hybridized carbons (Fsp3) is 0.400. The highest BCUT2D eigenvalue weighted by Gasteiger charge is 2.51. The normalized spacial score (nSPS) is 15.8. The number of hydrogen-bond acceptors (Lipinski definition) is 7. The third-order valence-corrected chi connectivity index (χ3v) is 4.42. The molecular formula is C15H19NO7S. The summed E-state index contributed by atoms with van der Waals surface area (Å²) in [5.41, 5.74) is 3.31. The lowest BCUT2D eigenvalue weighted by atomic mass is 9.95. The zero-order valence-corrected chi connectivity index (χ0v) is 13.7. The lowest BCUT2D eigenvalue weighted by Crippen LogP contribution is -2.54. The van der Waals surface area contributed by atoms with Crippen LogP contribution in [0.5, 0.6) is 0 Å². The Balaban J connectivity index is 3.08. The van der Waals surface area contributed by atoms with E-state index in [0.717, 1.165) is 17.3 Å². The first-order valence-corrected chi connectivity index (χ1v) is 8.01. The summed E-state index contributed by atoms with van der Waals surface area (Å²) in [5, 5.41) is 26.8. The van der Waals surface area contributed by atoms with E-state index in [1.165, 1.54) is 6.92 Å². The minimum Gasteiger partial charge on any atom is -0.481 e. The fourth-order valence-electron chi connectivity index (χ4n) is 1.91. The summed E-state index contributed by atoms with van der Waals surface area (Å²) in [6, 6.07) is 8.79. The molecule has 0 aliphatic heterocycles. The van der Waals surface area contributed by atoms with Crippen LogP contribution in [0.25, 0.3) is 0 Å². The van der Waals surface area contributed by atoms with Crippen LogP contribution in [0, 0.1) is 0 Å². The second-order valence-corrected chi connectivity index (χ2v) is 6.21. The largest absolute Gasteiger partial charge is 0.481 e. The number of ether oxygens (including phenoxy) is 1. The first kappa shape index (κ1) is 19.9. The summed E-state index contributed by atoms with van der Waals surface area (Å²) in [4.78, 5) is 34.5. The van der Waals surface area contributed by atoms with Gasteiger partial charge in [-0.05, 0) is 12.5 Å². The Kier molecular flexibility index (Phi) is 7.20. The third-order valence-electron chi connectivity index (χ3n) is 3.00. The van der Waals surface area contributed by atoms with E-state index in [9.17, 15) is 24.6 Å². The number of aliphatic carboxylic acids is 2. The Hall–Kier alpha value is -2.10. The predicted molar refractivity (Wildman–Crippen MR) is 86.1 cm³/mol. The van der Waals surface area contributed by atoms with Crippen LogP contribution in [-0.2, 0) is 24.9 Å². The van der Waals surface area contributed by atoms with Crippen molar-refractivity contribution in [1.82, 2.24) is 0 Å². The average molecular weight is 357 g/mol. The molecule has 0 spiro atoms. The van der Waals surface area contributed by atoms with Crippen LogP contribution in [0.3, 0.4) is 0 Å². The van der Waals surface area contributed by atoms with Crippen LogP contribution in [-0.4, -0.2) is 50.3 Å². The van der Waals surface area contributed by atoms with E-state index in [0.29, 0.717) is 0 Å². The van der Waals surface area contributed by atoms with Crippen molar-refractivity contribution < 1.29 is 34.4 Å². The summed E-state index contributed by atoms with van der Waals surface area (Å²) >= 11 is 0.778. The number of carbonyl (C=O) groups is 3. The van der Waals surface area contributed by atoms with Crippen molar-refractivity contribution in [2.45, 2.75) is 36.2 Å². The van der Waals surface area contributed by atoms with Gasteiger partial charge in [0, 0.05) is 5.75 Å². The molecule has 3 unspecified atom stereocenters. The van der Waals surface area contributed by atoms with Gasteiger partial charge in [0.2, 0.25) is 0 Å². The summed E-state index contributed by atoms with van der Waals surface area (Å²) < 4.78 is 4.78. The number of nitrogens with two attached hydrogens (primary N) is 1. The van der Waals surface area contributed by atoms with Crippen molar-refractivity contribution in [2.24, 2.45) is 5.73 Å². The van der Waals surface area contributed by atoms with Crippen LogP contribution < -0.4 is 5.73 Å². The van der Waals surface area contributed by atoms with Gasteiger partial charge in [-0.15, -0.1) is 11.8 Å². The Morgan fingerprint density at radius 1 is 1.25 bits per heavy atom. The zero-order valence-electron chi connectivity index (χ0n) is 12.9. The third kappa shape index (κ3) is 5.52. The van der Waals surface area contributed by atoms with Gasteiger partial charge in [0.25, 0.3) is 0 Å². The van der Waals surface area contributed by atoms with Gasteiger partial charge in [-0.3, -0.25) is 15.3 Å². The van der Waals surface area contributed by atoms with Crippen LogP contribution in [0.15, 0.2) is 30.3 Å². The molecule has 0 bridgehead atoms. The maximum absolute atomic E-state index is 12.2. The smallest absolute Gasteiger partial charge is 0.338 e. The van der Waals surface area contributed by atoms with Gasteiger partial charge >= 0.3 is 17.9 Å². The van der Waals surface area contributed by atoms with Gasteiger partial charge in [0.1, 0.15) is 11.5 Å². The molecule has 24 heavy (non-hydrogen) atoms. The Morgan fingerprint density at radius 2 is 1.83 bits per heavy atom. The number of hydrogen-bond donors (Lipinski definition) is 4. The molecule has 0 heterocycles. The minimum atomic E-state index is -2.82. The number of carbonyl (C=O) groups excluding carboxylic acids is 1. The molecule has 8 nitrogen and oxygen atoms in total. The molecule has 5 N–H and O–H groups in total. The van der Waals surface area contributed by atoms with Crippen LogP contribution in [0.2, 0.25) is 0 Å². The lowest BCUT2D eigenvalue weighted by Gasteiger charge is -2.29. The van der Waals surface area contributed by atoms with Gasteiger partial charge in [-0.2, -0.15) is 0 Å². The number of benzene rings is 1. The van der Waals surface area contributed by atoms with Gasteiger partial charge < -0.3 is 20.1 Å². The van der Waals surface area contributed by atoms with Gasteiger partial charge in [-0.25, -0.2) is 4.79 Å². The van der Waals surface area contributed by atoms with E-state index in [-0.39, 0.29) is 5.75 Å². The Labute approximate surface area is 142 Å². The fourth-order valence-corrected chi connectivity index (χ4v) is 3.11. The molecule has 0 fully saturated rings. The molecule has 0 aromatic heterocycles. The van der Waals surface area contributed by atoms with Crippen molar-refractivity contribution >= 4 is 29.7 Å². The number of rotatable bonds is 9. The molecular weight excluding hydrogens is 338 g/mol. The summed E-state index contributed by atoms with van der Waals surface area (Å²) in [5.74, 6) is -4.29. The molecule has 0 saturated heterocycles. The SMILES string of the molecule is CC(N)OC(=O)C(SCc1ccccc1)C(O)(CC(=O)O)C(=O)O. The number of esters is 1. The average Bonchev–Trinajstić information content (AvgIpc) is 2.46. The first-order valence-electron chi connectivity index (χ1n) is 6.96. The minimum absolute atomic E-state index is 0.175. The van der Waals surface area contributed by atoms with Gasteiger partial charge in [0.15, 0.2) is 5.60 Å². The highest BCUT2D eigenvalue weighted by atomic mass is 32.2. The molecule has 1 aromatic rings. The summed E-state index contributed by atoms with van der Waals surface area (Å²) in [6.45, 7) is 1.35. The van der Waals surface area contributed by atoms with Crippen molar-refractivity contribution in [3.8, 4) is 0 Å². The molecule has 9 heteroatoms. The summed E-state index contributed by atoms with van der Waals surface area (Å²) in [6.07, 6.45) is -2.18. The van der Waals surface area contributed by atoms with Crippen molar-refractivity contribution in [1.29, 1.82) is 0 Å². The molecule has 0 amide bonds. The van der Waals surface area contributed by atoms with E-state index in [1.807, 2.05) is 0 Å². The van der Waals surface area contributed by atoms with E-state index in [4.69, 9.17) is 15.6 Å². The molecule has 0 radical (unpaired) electrons. The first-order chi connectivity index (χ1) is 11.2. The van der Waals surface area contributed by atoms with E-state index >= 15 is 0 Å². The predicted octanol–water partition coefficient (Wildman–Crippen LogP) is 0.427. The molecule has 0 aliphatic carbocycles. The Morgan fingerprint density at radius 3 is 2.29 bits per heavy atom. The van der Waals surface area contributed by atoms with Crippen molar-refractivity contribution in [3.05, 3.63) is 35.9 Å². The molecule has 1 aromatic carbocycles. The number of carboxylic acid groups (broad SMARTS) is 2. The maximum Gasteiger partial charge on any atom is 0.338 e. The molecule has 0 saturated carbocycles. The van der Waals surface area contributed by atoms with Crippen LogP contribution in [0.1, 0.15) is 18.9 Å². The van der Waals surface area contributed by atoms with Gasteiger partial charge in [0.05, 0.1) is 6.42 Å². The van der Waals surface area contributed by atoms with E-state index in [1.54, 1.807) is 30.3 Å². The standard InChI is InChI=1S/C15H19NO7S/c1-9(16)23-13(19)12(15(22,14(20)21)7-11(17)18)24-8-10-5-3-2-4-6-10/h2-6,9,12,22H,7-8,16H2,1H3,(H,17,18)(H,20,21). The number of thioether (sulfide) groups is 1. The zero-order chi connectivity index (χ0) is 18.3. The topological polar surface area (TPSA) is 147 Å². The number of aliphatic hydroxyl groups is 1. The molecule has 1 rings (SSSR count). The second kappa shape index (κ2) is 8.67. The molecule has 132 valence electrons. The number of carboxylic acids is 2. The monoisotopic (exact) mass is 357 g/mol. The van der Waals surface area contributed by atoms with E-state index < -0.39 is 41.4 Å². The molecule has 0 aliphatic rings. The quantitative estimate of drug-likeness (QED) is 0.365. The summed E-state index contributed by atoms with van der Waals surface area (Å²) in [7, 11) is 0. The van der Waals surface area contributed by atoms with Crippen molar-refractivity contribution in [3.63, 3.8) is 0 Å². The van der Waals surface area contributed by atoms with E-state index in [2.05, 4.69) is 0 Å². The second-order valence-electron chi connectivity index (χ2n) is 5.12. The van der Waals surface area contributed by atoms with Gasteiger partial charge in [-0.1, -0.05) is 30.3 Å². The lowest BCUT2D eigenvalue weighted by molar-refractivity contribution is -0.172. The highest BCUT2D eigenvalue weighted by molar-refractivity contribution is 8.00. The Bertz CT molecular complexity index is 593. The van der Waals surface area contributed by atoms with Crippen LogP contribution >= 0.6 is 11.8 Å². The van der Waals surface area contributed by atoms with Crippen LogP contribution in [0.4, 0.5) is 0 Å². The molecule has 3 atom stereocenters.